The molecule has 1 saturated heterocycles. The van der Waals surface area contributed by atoms with Crippen molar-refractivity contribution >= 4 is 37.5 Å². The van der Waals surface area contributed by atoms with E-state index in [1.54, 1.807) is 11.8 Å². The van der Waals surface area contributed by atoms with Crippen molar-refractivity contribution in [1.82, 2.24) is 4.90 Å². The second kappa shape index (κ2) is 7.34. The van der Waals surface area contributed by atoms with Gasteiger partial charge < -0.3 is 0 Å². The SMILES string of the molecule is CS(=O)(=O)C1CSCCN1CC1(CBr)CCCCCC1. The fraction of sp³-hybridized carbons (Fsp3) is 1.00. The highest BCUT2D eigenvalue weighted by Crippen LogP contribution is 2.38. The minimum absolute atomic E-state index is 0.277. The minimum Gasteiger partial charge on any atom is -0.285 e. The lowest BCUT2D eigenvalue weighted by molar-refractivity contribution is 0.148. The molecule has 0 bridgehead atoms. The van der Waals surface area contributed by atoms with E-state index in [0.29, 0.717) is 0 Å². The van der Waals surface area contributed by atoms with Gasteiger partial charge in [0.15, 0.2) is 9.84 Å². The van der Waals surface area contributed by atoms with Crippen molar-refractivity contribution in [2.45, 2.75) is 43.9 Å². The van der Waals surface area contributed by atoms with Gasteiger partial charge in [-0.05, 0) is 18.3 Å². The highest BCUT2D eigenvalue weighted by atomic mass is 79.9. The van der Waals surface area contributed by atoms with E-state index in [4.69, 9.17) is 0 Å². The summed E-state index contributed by atoms with van der Waals surface area (Å²) in [5.74, 6) is 1.79. The lowest BCUT2D eigenvalue weighted by Crippen LogP contribution is -2.51. The lowest BCUT2D eigenvalue weighted by Gasteiger charge is -2.41. The second-order valence-corrected chi connectivity index (χ2v) is 10.3. The summed E-state index contributed by atoms with van der Waals surface area (Å²) in [6, 6.07) is 0. The maximum absolute atomic E-state index is 12.0. The average molecular weight is 384 g/mol. The first-order chi connectivity index (χ1) is 9.47. The van der Waals surface area contributed by atoms with E-state index in [1.165, 1.54) is 44.8 Å². The van der Waals surface area contributed by atoms with Gasteiger partial charge in [-0.15, -0.1) is 0 Å². The van der Waals surface area contributed by atoms with Crippen LogP contribution in [0.2, 0.25) is 0 Å². The molecule has 0 radical (unpaired) electrons. The van der Waals surface area contributed by atoms with Crippen LogP contribution in [0.5, 0.6) is 0 Å². The number of halogens is 1. The molecule has 0 amide bonds. The molecule has 0 spiro atoms. The van der Waals surface area contributed by atoms with Crippen molar-refractivity contribution in [3.05, 3.63) is 0 Å². The van der Waals surface area contributed by atoms with Gasteiger partial charge in [-0.25, -0.2) is 8.42 Å². The zero-order valence-corrected chi connectivity index (χ0v) is 15.5. The zero-order chi connectivity index (χ0) is 14.6. The molecular formula is C14H26BrNO2S2. The van der Waals surface area contributed by atoms with Gasteiger partial charge in [0, 0.05) is 36.2 Å². The fourth-order valence-corrected chi connectivity index (χ4v) is 7.11. The molecule has 118 valence electrons. The summed E-state index contributed by atoms with van der Waals surface area (Å²) in [6.07, 6.45) is 9.11. The number of alkyl halides is 1. The molecule has 0 N–H and O–H groups in total. The summed E-state index contributed by atoms with van der Waals surface area (Å²) in [5, 5.41) is 0.723. The third kappa shape index (κ3) is 4.37. The molecule has 20 heavy (non-hydrogen) atoms. The normalized spacial score (nSPS) is 29.0. The standard InChI is InChI=1S/C14H26BrNO2S2/c1-20(17,18)13-10-19-9-8-16(13)12-14(11-15)6-4-2-3-5-7-14/h13H,2-12H2,1H3. The van der Waals surface area contributed by atoms with Crippen LogP contribution in [-0.4, -0.2) is 54.9 Å². The third-order valence-electron chi connectivity index (χ3n) is 4.67. The maximum Gasteiger partial charge on any atom is 0.164 e. The Balaban J connectivity index is 2.11. The molecule has 1 aliphatic carbocycles. The molecule has 2 rings (SSSR count). The molecule has 1 heterocycles. The first-order valence-corrected chi connectivity index (χ1v) is 11.8. The summed E-state index contributed by atoms with van der Waals surface area (Å²) < 4.78 is 24.1. The molecule has 0 aromatic heterocycles. The molecule has 2 fully saturated rings. The van der Waals surface area contributed by atoms with Crippen LogP contribution >= 0.6 is 27.7 Å². The summed E-state index contributed by atoms with van der Waals surface area (Å²) in [5.41, 5.74) is 0.279. The molecule has 0 aromatic carbocycles. The molecule has 0 aromatic rings. The van der Waals surface area contributed by atoms with Gasteiger partial charge in [-0.3, -0.25) is 4.90 Å². The molecule has 2 aliphatic rings. The molecular weight excluding hydrogens is 358 g/mol. The number of hydrogen-bond acceptors (Lipinski definition) is 4. The molecule has 1 aliphatic heterocycles. The van der Waals surface area contributed by atoms with Gasteiger partial charge in [0.1, 0.15) is 5.37 Å². The van der Waals surface area contributed by atoms with E-state index in [1.807, 2.05) is 0 Å². The summed E-state index contributed by atoms with van der Waals surface area (Å²) >= 11 is 5.49. The predicted molar refractivity (Wildman–Crippen MR) is 91.5 cm³/mol. The number of sulfone groups is 1. The second-order valence-electron chi connectivity index (χ2n) is 6.38. The fourth-order valence-electron chi connectivity index (χ4n) is 3.43. The highest BCUT2D eigenvalue weighted by molar-refractivity contribution is 9.09. The van der Waals surface area contributed by atoms with E-state index in [-0.39, 0.29) is 10.8 Å². The maximum atomic E-state index is 12.0. The van der Waals surface area contributed by atoms with Crippen LogP contribution in [0.25, 0.3) is 0 Å². The first-order valence-electron chi connectivity index (χ1n) is 7.54. The number of hydrogen-bond donors (Lipinski definition) is 0. The van der Waals surface area contributed by atoms with Crippen molar-refractivity contribution in [3.63, 3.8) is 0 Å². The van der Waals surface area contributed by atoms with Crippen LogP contribution < -0.4 is 0 Å². The third-order valence-corrected chi connectivity index (χ3v) is 8.55. The summed E-state index contributed by atoms with van der Waals surface area (Å²) in [7, 11) is -2.98. The quantitative estimate of drug-likeness (QED) is 0.551. The van der Waals surface area contributed by atoms with Gasteiger partial charge >= 0.3 is 0 Å². The first kappa shape index (κ1) is 17.1. The van der Waals surface area contributed by atoms with Crippen LogP contribution in [0, 0.1) is 5.41 Å². The Morgan fingerprint density at radius 3 is 2.45 bits per heavy atom. The van der Waals surface area contributed by atoms with Crippen LogP contribution in [0.1, 0.15) is 38.5 Å². The largest absolute Gasteiger partial charge is 0.285 e. The van der Waals surface area contributed by atoms with Gasteiger partial charge in [0.05, 0.1) is 0 Å². The van der Waals surface area contributed by atoms with Crippen LogP contribution in [-0.2, 0) is 9.84 Å². The molecule has 1 atom stereocenters. The Morgan fingerprint density at radius 2 is 1.90 bits per heavy atom. The van der Waals surface area contributed by atoms with E-state index in [9.17, 15) is 8.42 Å². The zero-order valence-electron chi connectivity index (χ0n) is 12.3. The van der Waals surface area contributed by atoms with Gasteiger partial charge in [0.25, 0.3) is 0 Å². The van der Waals surface area contributed by atoms with E-state index in [2.05, 4.69) is 20.8 Å². The van der Waals surface area contributed by atoms with Crippen LogP contribution in [0.4, 0.5) is 0 Å². The Labute approximate surface area is 136 Å². The van der Waals surface area contributed by atoms with Gasteiger partial charge in [-0.1, -0.05) is 41.6 Å². The molecule has 3 nitrogen and oxygen atoms in total. The number of rotatable bonds is 4. The van der Waals surface area contributed by atoms with E-state index >= 15 is 0 Å². The van der Waals surface area contributed by atoms with Gasteiger partial charge in [-0.2, -0.15) is 11.8 Å². The van der Waals surface area contributed by atoms with Crippen molar-refractivity contribution in [2.24, 2.45) is 5.41 Å². The Hall–Kier alpha value is 0.740. The molecule has 1 saturated carbocycles. The monoisotopic (exact) mass is 383 g/mol. The van der Waals surface area contributed by atoms with Crippen molar-refractivity contribution in [3.8, 4) is 0 Å². The number of nitrogens with zero attached hydrogens (tertiary/aromatic N) is 1. The Bertz CT molecular complexity index is 405. The Morgan fingerprint density at radius 1 is 1.25 bits per heavy atom. The molecule has 6 heteroatoms. The van der Waals surface area contributed by atoms with Crippen LogP contribution in [0.15, 0.2) is 0 Å². The summed E-state index contributed by atoms with van der Waals surface area (Å²) in [6.45, 7) is 1.85. The van der Waals surface area contributed by atoms with Crippen LogP contribution in [0.3, 0.4) is 0 Å². The lowest BCUT2D eigenvalue weighted by atomic mass is 9.82. The summed E-state index contributed by atoms with van der Waals surface area (Å²) in [4.78, 5) is 2.25. The van der Waals surface area contributed by atoms with Crippen molar-refractivity contribution < 1.29 is 8.42 Å². The molecule has 1 unspecified atom stereocenters. The van der Waals surface area contributed by atoms with Gasteiger partial charge in [0.2, 0.25) is 0 Å². The topological polar surface area (TPSA) is 37.4 Å². The highest BCUT2D eigenvalue weighted by Gasteiger charge is 2.38. The van der Waals surface area contributed by atoms with E-state index in [0.717, 1.165) is 29.9 Å². The predicted octanol–water partition coefficient (Wildman–Crippen LogP) is 3.14. The Kier molecular flexibility index (Phi) is 6.27. The average Bonchev–Trinajstić information content (AvgIpc) is 2.64. The van der Waals surface area contributed by atoms with Crippen molar-refractivity contribution in [2.75, 3.05) is 36.2 Å². The van der Waals surface area contributed by atoms with E-state index < -0.39 is 9.84 Å². The number of thioether (sulfide) groups is 1. The minimum atomic E-state index is -2.98. The van der Waals surface area contributed by atoms with Crippen molar-refractivity contribution in [1.29, 1.82) is 0 Å². The smallest absolute Gasteiger partial charge is 0.164 e.